The number of hydrogen-bond donors (Lipinski definition) is 0. The Kier molecular flexibility index (Phi) is 7.98. The van der Waals surface area contributed by atoms with E-state index in [1.165, 1.54) is 6.26 Å². The zero-order valence-corrected chi connectivity index (χ0v) is 20.2. The Morgan fingerprint density at radius 1 is 1.20 bits per heavy atom. The normalized spacial score (nSPS) is 15.2. The summed E-state index contributed by atoms with van der Waals surface area (Å²) in [5, 5.41) is 0. The Balaban J connectivity index is 1.45. The van der Waals surface area contributed by atoms with Crippen LogP contribution in [-0.4, -0.2) is 59.9 Å². The standard InChI is InChI=1S/C28H31N3O4/c1-30(28(33)26-9-5-17-35-26)25(19-22-6-3-8-24(18-22)34-2)23-12-15-31(16-13-23)27(32)11-10-21-7-4-14-29-20-21/h3-11,14,17-18,20,23,25H,12-13,15-16,19H2,1-2H3/b11-10+. The molecule has 3 heterocycles. The number of ether oxygens (including phenoxy) is 1. The number of methoxy groups -OCH3 is 1. The molecule has 7 nitrogen and oxygen atoms in total. The first-order valence-corrected chi connectivity index (χ1v) is 11.9. The number of likely N-dealkylation sites (N-methyl/N-ethyl adjacent to an activating group) is 1. The van der Waals surface area contributed by atoms with E-state index in [0.717, 1.165) is 29.7 Å². The average molecular weight is 474 g/mol. The topological polar surface area (TPSA) is 75.9 Å². The van der Waals surface area contributed by atoms with E-state index in [4.69, 9.17) is 9.15 Å². The Morgan fingerprint density at radius 3 is 2.71 bits per heavy atom. The molecule has 2 amide bonds. The molecule has 2 aromatic heterocycles. The van der Waals surface area contributed by atoms with Crippen LogP contribution in [0.5, 0.6) is 5.75 Å². The number of piperidine rings is 1. The molecule has 182 valence electrons. The van der Waals surface area contributed by atoms with Crippen molar-refractivity contribution in [2.45, 2.75) is 25.3 Å². The van der Waals surface area contributed by atoms with Crippen LogP contribution < -0.4 is 4.74 Å². The van der Waals surface area contributed by atoms with Crippen LogP contribution in [0.3, 0.4) is 0 Å². The number of aromatic nitrogens is 1. The summed E-state index contributed by atoms with van der Waals surface area (Å²) in [5.74, 6) is 1.23. The van der Waals surface area contributed by atoms with E-state index in [0.29, 0.717) is 25.3 Å². The van der Waals surface area contributed by atoms with Crippen LogP contribution in [0.1, 0.15) is 34.5 Å². The van der Waals surface area contributed by atoms with E-state index >= 15 is 0 Å². The highest BCUT2D eigenvalue weighted by Gasteiger charge is 2.33. The number of hydrogen-bond acceptors (Lipinski definition) is 5. The zero-order valence-electron chi connectivity index (χ0n) is 20.2. The second-order valence-corrected chi connectivity index (χ2v) is 8.80. The van der Waals surface area contributed by atoms with Crippen LogP contribution in [0.15, 0.2) is 77.7 Å². The molecule has 0 N–H and O–H groups in total. The molecule has 3 aromatic rings. The van der Waals surface area contributed by atoms with Gasteiger partial charge in [0, 0.05) is 44.6 Å². The minimum absolute atomic E-state index is 0.00309. The first-order valence-electron chi connectivity index (χ1n) is 11.9. The van der Waals surface area contributed by atoms with Gasteiger partial charge in [0.15, 0.2) is 5.76 Å². The van der Waals surface area contributed by atoms with Crippen LogP contribution >= 0.6 is 0 Å². The number of furan rings is 1. The minimum Gasteiger partial charge on any atom is -0.497 e. The number of carbonyl (C=O) groups is 2. The fraction of sp³-hybridized carbons (Fsp3) is 0.321. The lowest BCUT2D eigenvalue weighted by Gasteiger charge is -2.39. The Bertz CT molecular complexity index is 1140. The summed E-state index contributed by atoms with van der Waals surface area (Å²) in [6.45, 7) is 1.30. The molecule has 1 fully saturated rings. The first-order chi connectivity index (χ1) is 17.0. The van der Waals surface area contributed by atoms with Crippen LogP contribution in [0.25, 0.3) is 6.08 Å². The molecule has 0 aliphatic carbocycles. The molecule has 7 heteroatoms. The van der Waals surface area contributed by atoms with Crippen molar-refractivity contribution >= 4 is 17.9 Å². The number of likely N-dealkylation sites (tertiary alicyclic amines) is 1. The van der Waals surface area contributed by atoms with Crippen molar-refractivity contribution in [3.63, 3.8) is 0 Å². The van der Waals surface area contributed by atoms with Crippen LogP contribution in [0.2, 0.25) is 0 Å². The SMILES string of the molecule is COc1cccc(CC(C2CCN(C(=O)/C=C/c3cccnc3)CC2)N(C)C(=O)c2ccco2)c1. The number of amides is 2. The van der Waals surface area contributed by atoms with Gasteiger partial charge in [-0.1, -0.05) is 18.2 Å². The van der Waals surface area contributed by atoms with E-state index in [2.05, 4.69) is 11.1 Å². The Hall–Kier alpha value is -3.87. The molecular weight excluding hydrogens is 442 g/mol. The predicted octanol–water partition coefficient (Wildman–Crippen LogP) is 4.32. The highest BCUT2D eigenvalue weighted by molar-refractivity contribution is 5.92. The maximum atomic E-state index is 13.1. The summed E-state index contributed by atoms with van der Waals surface area (Å²) in [4.78, 5) is 33.6. The summed E-state index contributed by atoms with van der Waals surface area (Å²) in [6, 6.07) is 15.1. The second-order valence-electron chi connectivity index (χ2n) is 8.80. The zero-order chi connectivity index (χ0) is 24.6. The third kappa shape index (κ3) is 6.18. The van der Waals surface area contributed by atoms with E-state index in [-0.39, 0.29) is 23.8 Å². The first kappa shape index (κ1) is 24.3. The van der Waals surface area contributed by atoms with E-state index < -0.39 is 0 Å². The van der Waals surface area contributed by atoms with Crippen molar-refractivity contribution in [3.05, 3.63) is 90.2 Å². The molecule has 0 saturated carbocycles. The van der Waals surface area contributed by atoms with Gasteiger partial charge < -0.3 is 19.0 Å². The number of benzene rings is 1. The molecule has 4 rings (SSSR count). The summed E-state index contributed by atoms with van der Waals surface area (Å²) in [5.41, 5.74) is 2.00. The summed E-state index contributed by atoms with van der Waals surface area (Å²) < 4.78 is 10.8. The maximum Gasteiger partial charge on any atom is 0.289 e. The van der Waals surface area contributed by atoms with E-state index in [1.54, 1.807) is 48.7 Å². The molecule has 0 radical (unpaired) electrons. The van der Waals surface area contributed by atoms with E-state index in [1.807, 2.05) is 42.3 Å². The van der Waals surface area contributed by atoms with Gasteiger partial charge in [-0.15, -0.1) is 0 Å². The molecule has 1 aliphatic heterocycles. The molecule has 35 heavy (non-hydrogen) atoms. The lowest BCUT2D eigenvalue weighted by Crippen LogP contribution is -2.48. The fourth-order valence-corrected chi connectivity index (χ4v) is 4.64. The van der Waals surface area contributed by atoms with Crippen molar-refractivity contribution in [3.8, 4) is 5.75 Å². The van der Waals surface area contributed by atoms with Gasteiger partial charge in [0.25, 0.3) is 5.91 Å². The molecule has 1 atom stereocenters. The third-order valence-electron chi connectivity index (χ3n) is 6.63. The molecule has 0 bridgehead atoms. The Labute approximate surface area is 206 Å². The van der Waals surface area contributed by atoms with Gasteiger partial charge in [0.2, 0.25) is 5.91 Å². The number of pyridine rings is 1. The van der Waals surface area contributed by atoms with Crippen molar-refractivity contribution in [1.29, 1.82) is 0 Å². The van der Waals surface area contributed by atoms with Crippen molar-refractivity contribution in [1.82, 2.24) is 14.8 Å². The summed E-state index contributed by atoms with van der Waals surface area (Å²) in [7, 11) is 3.49. The lowest BCUT2D eigenvalue weighted by atomic mass is 9.84. The molecular formula is C28H31N3O4. The maximum absolute atomic E-state index is 13.1. The predicted molar refractivity (Wildman–Crippen MR) is 134 cm³/mol. The van der Waals surface area contributed by atoms with Crippen LogP contribution in [-0.2, 0) is 11.2 Å². The fourth-order valence-electron chi connectivity index (χ4n) is 4.64. The summed E-state index contributed by atoms with van der Waals surface area (Å²) >= 11 is 0. The number of nitrogens with zero attached hydrogens (tertiary/aromatic N) is 3. The van der Waals surface area contributed by atoms with Gasteiger partial charge in [-0.3, -0.25) is 14.6 Å². The van der Waals surface area contributed by atoms with Gasteiger partial charge in [-0.25, -0.2) is 0 Å². The molecule has 0 spiro atoms. The molecule has 1 aliphatic rings. The van der Waals surface area contributed by atoms with Gasteiger partial charge in [-0.05, 0) is 72.7 Å². The number of carbonyl (C=O) groups excluding carboxylic acids is 2. The monoisotopic (exact) mass is 473 g/mol. The van der Waals surface area contributed by atoms with Gasteiger partial charge >= 0.3 is 0 Å². The lowest BCUT2D eigenvalue weighted by molar-refractivity contribution is -0.127. The molecule has 1 aromatic carbocycles. The van der Waals surface area contributed by atoms with E-state index in [9.17, 15) is 9.59 Å². The Morgan fingerprint density at radius 2 is 2.03 bits per heavy atom. The van der Waals surface area contributed by atoms with Crippen molar-refractivity contribution in [2.24, 2.45) is 5.92 Å². The smallest absolute Gasteiger partial charge is 0.289 e. The van der Waals surface area contributed by atoms with Gasteiger partial charge in [0.1, 0.15) is 5.75 Å². The third-order valence-corrected chi connectivity index (χ3v) is 6.63. The minimum atomic E-state index is -0.138. The van der Waals surface area contributed by atoms with Gasteiger partial charge in [0.05, 0.1) is 13.4 Å². The largest absolute Gasteiger partial charge is 0.497 e. The summed E-state index contributed by atoms with van der Waals surface area (Å²) in [6.07, 6.45) is 10.7. The highest BCUT2D eigenvalue weighted by atomic mass is 16.5. The van der Waals surface area contributed by atoms with Crippen molar-refractivity contribution in [2.75, 3.05) is 27.2 Å². The quantitative estimate of drug-likeness (QED) is 0.456. The average Bonchev–Trinajstić information content (AvgIpc) is 3.45. The highest BCUT2D eigenvalue weighted by Crippen LogP contribution is 2.28. The van der Waals surface area contributed by atoms with Crippen LogP contribution in [0.4, 0.5) is 0 Å². The van der Waals surface area contributed by atoms with Crippen LogP contribution in [0, 0.1) is 5.92 Å². The van der Waals surface area contributed by atoms with Crippen molar-refractivity contribution < 1.29 is 18.7 Å². The second kappa shape index (κ2) is 11.5. The molecule has 1 unspecified atom stereocenters. The molecule has 1 saturated heterocycles. The van der Waals surface area contributed by atoms with Gasteiger partial charge in [-0.2, -0.15) is 0 Å². The number of rotatable bonds is 8.